The van der Waals surface area contributed by atoms with E-state index >= 15 is 0 Å². The SMILES string of the molecule is CC(C)[C@@H](NC(=O)CC1CCN(CCc2ccccc2)CC1)c1ccc(F)cc1.O=C(O)C(=O)O. The zero-order valence-electron chi connectivity index (χ0n) is 20.3. The number of rotatable bonds is 8. The normalized spacial score (nSPS) is 15.1. The number of hydrogen-bond acceptors (Lipinski definition) is 4. The van der Waals surface area contributed by atoms with Crippen LogP contribution in [0.2, 0.25) is 0 Å². The van der Waals surface area contributed by atoms with E-state index in [0.29, 0.717) is 12.3 Å². The Morgan fingerprint density at radius 3 is 2.06 bits per heavy atom. The molecule has 1 saturated heterocycles. The molecular weight excluding hydrogens is 451 g/mol. The summed E-state index contributed by atoms with van der Waals surface area (Å²) < 4.78 is 13.2. The van der Waals surface area contributed by atoms with Crippen molar-refractivity contribution in [2.24, 2.45) is 11.8 Å². The highest BCUT2D eigenvalue weighted by Crippen LogP contribution is 2.24. The van der Waals surface area contributed by atoms with Crippen molar-refractivity contribution in [1.82, 2.24) is 10.2 Å². The van der Waals surface area contributed by atoms with Gasteiger partial charge in [-0.25, -0.2) is 14.0 Å². The van der Waals surface area contributed by atoms with Crippen LogP contribution >= 0.6 is 0 Å². The Kier molecular flexibility index (Phi) is 11.4. The van der Waals surface area contributed by atoms with Crippen molar-refractivity contribution in [3.05, 3.63) is 71.5 Å². The second kappa shape index (κ2) is 14.2. The van der Waals surface area contributed by atoms with Gasteiger partial charge in [-0.1, -0.05) is 56.3 Å². The lowest BCUT2D eigenvalue weighted by molar-refractivity contribution is -0.159. The minimum Gasteiger partial charge on any atom is -0.473 e. The Hall–Kier alpha value is -3.26. The molecule has 1 amide bonds. The second-order valence-corrected chi connectivity index (χ2v) is 9.18. The van der Waals surface area contributed by atoms with Crippen LogP contribution in [0.4, 0.5) is 4.39 Å². The molecule has 1 aliphatic rings. The van der Waals surface area contributed by atoms with Gasteiger partial charge in [0.15, 0.2) is 0 Å². The standard InChI is InChI=1S/C25H33FN2O.C2H2O4/c1-19(2)25(22-8-10-23(26)11-9-22)27-24(29)18-21-13-16-28(17-14-21)15-12-20-6-4-3-5-7-20;3-1(4)2(5)6/h3-11,19,21,25H,12-18H2,1-2H3,(H,27,29);(H,3,4)(H,5,6)/t25-;/m1./s1. The average Bonchev–Trinajstić information content (AvgIpc) is 2.83. The van der Waals surface area contributed by atoms with Gasteiger partial charge in [0.1, 0.15) is 5.82 Å². The highest BCUT2D eigenvalue weighted by molar-refractivity contribution is 6.27. The highest BCUT2D eigenvalue weighted by atomic mass is 19.1. The van der Waals surface area contributed by atoms with Gasteiger partial charge in [-0.3, -0.25) is 4.79 Å². The van der Waals surface area contributed by atoms with Crippen molar-refractivity contribution in [2.75, 3.05) is 19.6 Å². The van der Waals surface area contributed by atoms with E-state index in [1.54, 1.807) is 12.1 Å². The van der Waals surface area contributed by atoms with E-state index in [9.17, 15) is 9.18 Å². The summed E-state index contributed by atoms with van der Waals surface area (Å²) in [5, 5.41) is 18.0. The Bertz CT molecular complexity index is 930. The van der Waals surface area contributed by atoms with Gasteiger partial charge in [-0.2, -0.15) is 0 Å². The number of hydrogen-bond donors (Lipinski definition) is 3. The van der Waals surface area contributed by atoms with Crippen LogP contribution in [0, 0.1) is 17.7 Å². The van der Waals surface area contributed by atoms with Crippen LogP contribution in [0.1, 0.15) is 50.3 Å². The van der Waals surface area contributed by atoms with E-state index in [4.69, 9.17) is 19.8 Å². The zero-order valence-corrected chi connectivity index (χ0v) is 20.3. The molecule has 1 atom stereocenters. The van der Waals surface area contributed by atoms with Gasteiger partial charge in [-0.05, 0) is 67.4 Å². The number of aliphatic carboxylic acids is 2. The number of nitrogens with zero attached hydrogens (tertiary/aromatic N) is 1. The lowest BCUT2D eigenvalue weighted by atomic mass is 9.91. The molecule has 3 N–H and O–H groups in total. The van der Waals surface area contributed by atoms with Crippen molar-refractivity contribution in [2.45, 2.75) is 45.6 Å². The van der Waals surface area contributed by atoms with Crippen molar-refractivity contribution in [3.8, 4) is 0 Å². The molecular formula is C27H35FN2O5. The molecule has 190 valence electrons. The van der Waals surface area contributed by atoms with Crippen LogP contribution in [0.15, 0.2) is 54.6 Å². The van der Waals surface area contributed by atoms with E-state index in [1.807, 2.05) is 0 Å². The summed E-state index contributed by atoms with van der Waals surface area (Å²) in [6.07, 6.45) is 3.81. The van der Waals surface area contributed by atoms with E-state index in [-0.39, 0.29) is 23.7 Å². The van der Waals surface area contributed by atoms with Crippen molar-refractivity contribution in [3.63, 3.8) is 0 Å². The van der Waals surface area contributed by atoms with Crippen LogP contribution in [0.5, 0.6) is 0 Å². The molecule has 0 aromatic heterocycles. The number of carbonyl (C=O) groups is 3. The molecule has 3 rings (SSSR count). The fourth-order valence-electron chi connectivity index (χ4n) is 4.15. The quantitative estimate of drug-likeness (QED) is 0.484. The molecule has 0 unspecified atom stereocenters. The maximum absolute atomic E-state index is 13.2. The molecule has 35 heavy (non-hydrogen) atoms. The van der Waals surface area contributed by atoms with E-state index < -0.39 is 11.9 Å². The van der Waals surface area contributed by atoms with Crippen LogP contribution in [0.25, 0.3) is 0 Å². The van der Waals surface area contributed by atoms with Gasteiger partial charge >= 0.3 is 11.9 Å². The Morgan fingerprint density at radius 1 is 0.971 bits per heavy atom. The molecule has 1 fully saturated rings. The first kappa shape index (κ1) is 28.0. The van der Waals surface area contributed by atoms with Gasteiger partial charge in [0.05, 0.1) is 6.04 Å². The lowest BCUT2D eigenvalue weighted by Crippen LogP contribution is -2.38. The third-order valence-corrected chi connectivity index (χ3v) is 6.14. The van der Waals surface area contributed by atoms with Gasteiger partial charge in [0, 0.05) is 13.0 Å². The first-order valence-electron chi connectivity index (χ1n) is 11.9. The molecule has 0 bridgehead atoms. The summed E-state index contributed by atoms with van der Waals surface area (Å²) in [7, 11) is 0. The topological polar surface area (TPSA) is 107 Å². The smallest absolute Gasteiger partial charge is 0.414 e. The predicted molar refractivity (Wildman–Crippen MR) is 131 cm³/mol. The molecule has 0 saturated carbocycles. The first-order chi connectivity index (χ1) is 16.7. The summed E-state index contributed by atoms with van der Waals surface area (Å²) in [5.41, 5.74) is 2.35. The Labute approximate surface area is 206 Å². The second-order valence-electron chi connectivity index (χ2n) is 9.18. The van der Waals surface area contributed by atoms with Crippen LogP contribution in [0.3, 0.4) is 0 Å². The number of carboxylic acid groups (broad SMARTS) is 2. The van der Waals surface area contributed by atoms with E-state index in [0.717, 1.165) is 44.5 Å². The molecule has 8 heteroatoms. The highest BCUT2D eigenvalue weighted by Gasteiger charge is 2.24. The molecule has 1 aliphatic heterocycles. The number of halogens is 1. The van der Waals surface area contributed by atoms with Crippen LogP contribution in [-0.4, -0.2) is 52.6 Å². The summed E-state index contributed by atoms with van der Waals surface area (Å²) in [6, 6.07) is 17.0. The first-order valence-corrected chi connectivity index (χ1v) is 11.9. The number of amides is 1. The Balaban J connectivity index is 0.000000641. The minimum atomic E-state index is -1.82. The fourth-order valence-corrected chi connectivity index (χ4v) is 4.15. The van der Waals surface area contributed by atoms with Crippen molar-refractivity contribution >= 4 is 17.8 Å². The predicted octanol–water partition coefficient (Wildman–Crippen LogP) is 4.14. The summed E-state index contributed by atoms with van der Waals surface area (Å²) in [4.78, 5) is 33.4. The molecule has 7 nitrogen and oxygen atoms in total. The lowest BCUT2D eigenvalue weighted by Gasteiger charge is -2.32. The van der Waals surface area contributed by atoms with Gasteiger partial charge in [0.2, 0.25) is 5.91 Å². The van der Waals surface area contributed by atoms with Crippen LogP contribution < -0.4 is 5.32 Å². The molecule has 0 aliphatic carbocycles. The summed E-state index contributed by atoms with van der Waals surface area (Å²) in [5.74, 6) is -3.09. The van der Waals surface area contributed by atoms with Crippen molar-refractivity contribution < 1.29 is 29.0 Å². The minimum absolute atomic E-state index is 0.0749. The number of nitrogens with one attached hydrogen (secondary N) is 1. The van der Waals surface area contributed by atoms with Crippen molar-refractivity contribution in [1.29, 1.82) is 0 Å². The monoisotopic (exact) mass is 486 g/mol. The average molecular weight is 487 g/mol. The maximum Gasteiger partial charge on any atom is 0.414 e. The van der Waals surface area contributed by atoms with E-state index in [1.165, 1.54) is 17.7 Å². The fraction of sp³-hybridized carbons (Fsp3) is 0.444. The molecule has 2 aromatic rings. The third-order valence-electron chi connectivity index (χ3n) is 6.14. The van der Waals surface area contributed by atoms with E-state index in [2.05, 4.69) is 54.4 Å². The van der Waals surface area contributed by atoms with Gasteiger partial charge in [0.25, 0.3) is 0 Å². The zero-order chi connectivity index (χ0) is 25.8. The van der Waals surface area contributed by atoms with Gasteiger partial charge in [-0.15, -0.1) is 0 Å². The number of piperidine rings is 1. The summed E-state index contributed by atoms with van der Waals surface area (Å²) >= 11 is 0. The third kappa shape index (κ3) is 10.3. The number of carboxylic acids is 2. The number of carbonyl (C=O) groups excluding carboxylic acids is 1. The molecule has 0 radical (unpaired) electrons. The maximum atomic E-state index is 13.2. The Morgan fingerprint density at radius 2 is 1.54 bits per heavy atom. The number of benzene rings is 2. The molecule has 0 spiro atoms. The van der Waals surface area contributed by atoms with Crippen LogP contribution in [-0.2, 0) is 20.8 Å². The largest absolute Gasteiger partial charge is 0.473 e. The molecule has 1 heterocycles. The number of likely N-dealkylation sites (tertiary alicyclic amines) is 1. The van der Waals surface area contributed by atoms with Gasteiger partial charge < -0.3 is 20.4 Å². The summed E-state index contributed by atoms with van der Waals surface area (Å²) in [6.45, 7) is 7.38. The molecule has 2 aromatic carbocycles.